The lowest BCUT2D eigenvalue weighted by Gasteiger charge is -2.30. The Hall–Kier alpha value is -4.82. The number of fused-ring (bicyclic) bond motifs is 2. The van der Waals surface area contributed by atoms with Gasteiger partial charge in [-0.25, -0.2) is 0 Å². The number of Topliss-reactive ketones (excluding diaryl/α,β-unsaturated/α-hetero) is 1. The summed E-state index contributed by atoms with van der Waals surface area (Å²) in [5, 5.41) is 7.22. The minimum absolute atomic E-state index is 0.0919. The largest absolute Gasteiger partial charge is 0.493 e. The third-order valence-corrected chi connectivity index (χ3v) is 8.63. The van der Waals surface area contributed by atoms with Crippen molar-refractivity contribution in [1.82, 2.24) is 19.3 Å². The molecule has 7 rings (SSSR count). The van der Waals surface area contributed by atoms with Crippen LogP contribution in [0.3, 0.4) is 0 Å². The van der Waals surface area contributed by atoms with E-state index in [-0.39, 0.29) is 11.3 Å². The maximum absolute atomic E-state index is 13.6. The molecule has 0 spiro atoms. The molecule has 0 saturated carbocycles. The second-order valence-electron chi connectivity index (χ2n) is 13.0. The van der Waals surface area contributed by atoms with Gasteiger partial charge in [0.05, 0.1) is 41.5 Å². The molecule has 1 aliphatic rings. The highest BCUT2D eigenvalue weighted by Crippen LogP contribution is 2.45. The third-order valence-electron chi connectivity index (χ3n) is 8.63. The normalized spacial score (nSPS) is 13.8. The van der Waals surface area contributed by atoms with E-state index in [1.54, 1.807) is 13.0 Å². The van der Waals surface area contributed by atoms with Gasteiger partial charge in [0.1, 0.15) is 11.9 Å². The maximum Gasteiger partial charge on any atom is 0.251 e. The number of hydrogen-bond donors (Lipinski definition) is 0. The summed E-state index contributed by atoms with van der Waals surface area (Å²) in [6, 6.07) is 17.7. The highest BCUT2D eigenvalue weighted by atomic mass is 16.5. The van der Waals surface area contributed by atoms with Crippen molar-refractivity contribution in [3.63, 3.8) is 0 Å². The fourth-order valence-corrected chi connectivity index (χ4v) is 6.67. The Morgan fingerprint density at radius 1 is 1.07 bits per heavy atom. The summed E-state index contributed by atoms with van der Waals surface area (Å²) in [5.74, 6) is 0.712. The van der Waals surface area contributed by atoms with E-state index in [4.69, 9.17) is 14.5 Å². The van der Waals surface area contributed by atoms with Gasteiger partial charge in [-0.2, -0.15) is 5.10 Å². The van der Waals surface area contributed by atoms with Gasteiger partial charge in [0.15, 0.2) is 5.78 Å². The number of ketones is 1. The minimum Gasteiger partial charge on any atom is -0.493 e. The lowest BCUT2D eigenvalue weighted by atomic mass is 9.85. The highest BCUT2D eigenvalue weighted by Gasteiger charge is 2.31. The average molecular weight is 601 g/mol. The highest BCUT2D eigenvalue weighted by molar-refractivity contribution is 6.08. The number of aromatic nitrogens is 4. The zero-order chi connectivity index (χ0) is 31.6. The molecule has 0 unspecified atom stereocenters. The zero-order valence-electron chi connectivity index (χ0n) is 26.5. The van der Waals surface area contributed by atoms with Crippen LogP contribution in [-0.4, -0.2) is 37.3 Å². The first-order valence-corrected chi connectivity index (χ1v) is 15.3. The first-order chi connectivity index (χ1) is 21.5. The molecule has 45 heavy (non-hydrogen) atoms. The minimum atomic E-state index is -0.820. The molecule has 3 aromatic carbocycles. The number of hydrogen-bond acceptors (Lipinski definition) is 6. The fraction of sp³-hybridized carbons (Fsp3) is 0.297. The van der Waals surface area contributed by atoms with E-state index in [0.717, 1.165) is 72.7 Å². The van der Waals surface area contributed by atoms with Crippen LogP contribution in [0.1, 0.15) is 56.1 Å². The van der Waals surface area contributed by atoms with Gasteiger partial charge in [-0.15, -0.1) is 0 Å². The molecule has 3 aromatic heterocycles. The monoisotopic (exact) mass is 600 g/mol. The van der Waals surface area contributed by atoms with Crippen LogP contribution in [0.2, 0.25) is 0 Å². The molecule has 0 radical (unpaired) electrons. The van der Waals surface area contributed by atoms with E-state index in [0.29, 0.717) is 13.2 Å². The quantitative estimate of drug-likeness (QED) is 0.208. The predicted octanol–water partition coefficient (Wildman–Crippen LogP) is 6.84. The number of ether oxygens (including phenoxy) is 2. The van der Waals surface area contributed by atoms with Crippen molar-refractivity contribution in [2.24, 2.45) is 7.05 Å². The van der Waals surface area contributed by atoms with Crippen molar-refractivity contribution >= 4 is 38.5 Å². The van der Waals surface area contributed by atoms with E-state index in [2.05, 4.69) is 11.2 Å². The Morgan fingerprint density at radius 3 is 2.67 bits per heavy atom. The number of benzene rings is 3. The van der Waals surface area contributed by atoms with Crippen LogP contribution in [0, 0.1) is 6.92 Å². The summed E-state index contributed by atoms with van der Waals surface area (Å²) < 4.78 is 16.2. The smallest absolute Gasteiger partial charge is 0.251 e. The van der Waals surface area contributed by atoms with Crippen LogP contribution in [0.4, 0.5) is 0 Å². The lowest BCUT2D eigenvalue weighted by molar-refractivity contribution is -0.138. The van der Waals surface area contributed by atoms with Gasteiger partial charge in [-0.05, 0) is 105 Å². The molecule has 0 bridgehead atoms. The van der Waals surface area contributed by atoms with Gasteiger partial charge in [-0.1, -0.05) is 6.07 Å². The van der Waals surface area contributed by atoms with Crippen molar-refractivity contribution in [1.29, 1.82) is 0 Å². The molecule has 228 valence electrons. The van der Waals surface area contributed by atoms with Crippen LogP contribution >= 0.6 is 0 Å². The molecular weight excluding hydrogens is 564 g/mol. The molecule has 1 atom stereocenters. The summed E-state index contributed by atoms with van der Waals surface area (Å²) in [6.45, 7) is 10.4. The number of nitrogens with zero attached hydrogens (tertiary/aromatic N) is 4. The van der Waals surface area contributed by atoms with Crippen molar-refractivity contribution in [2.75, 3.05) is 6.61 Å². The van der Waals surface area contributed by atoms with E-state index in [9.17, 15) is 9.59 Å². The summed E-state index contributed by atoms with van der Waals surface area (Å²) in [5.41, 5.74) is 7.45. The first-order valence-electron chi connectivity index (χ1n) is 15.3. The van der Waals surface area contributed by atoms with Crippen molar-refractivity contribution in [2.45, 2.75) is 59.3 Å². The van der Waals surface area contributed by atoms with Crippen LogP contribution in [0.5, 0.6) is 5.75 Å². The van der Waals surface area contributed by atoms with Crippen molar-refractivity contribution in [3.8, 4) is 16.9 Å². The molecule has 0 aliphatic carbocycles. The first kappa shape index (κ1) is 28.9. The van der Waals surface area contributed by atoms with Crippen LogP contribution < -0.4 is 10.3 Å². The summed E-state index contributed by atoms with van der Waals surface area (Å²) in [4.78, 5) is 31.8. The molecule has 0 fully saturated rings. The van der Waals surface area contributed by atoms with E-state index in [1.807, 2.05) is 98.8 Å². The third kappa shape index (κ3) is 4.99. The summed E-state index contributed by atoms with van der Waals surface area (Å²) in [7, 11) is 1.92. The Morgan fingerprint density at radius 2 is 1.89 bits per heavy atom. The second kappa shape index (κ2) is 10.7. The van der Waals surface area contributed by atoms with E-state index >= 15 is 0 Å². The number of aryl methyl sites for hydroxylation is 2. The number of pyridine rings is 2. The van der Waals surface area contributed by atoms with Gasteiger partial charge in [0.2, 0.25) is 0 Å². The Balaban J connectivity index is 1.54. The topological polar surface area (TPSA) is 88.2 Å². The van der Waals surface area contributed by atoms with Gasteiger partial charge < -0.3 is 14.0 Å². The van der Waals surface area contributed by atoms with E-state index in [1.165, 1.54) is 5.56 Å². The van der Waals surface area contributed by atoms with Gasteiger partial charge in [0.25, 0.3) is 5.56 Å². The average Bonchev–Trinajstić information content (AvgIpc) is 3.37. The van der Waals surface area contributed by atoms with Crippen LogP contribution in [0.25, 0.3) is 43.8 Å². The molecule has 6 aromatic rings. The van der Waals surface area contributed by atoms with Crippen molar-refractivity contribution in [3.05, 3.63) is 99.6 Å². The molecule has 0 saturated heterocycles. The van der Waals surface area contributed by atoms with Crippen molar-refractivity contribution < 1.29 is 14.3 Å². The predicted molar refractivity (Wildman–Crippen MR) is 177 cm³/mol. The second-order valence-corrected chi connectivity index (χ2v) is 13.0. The van der Waals surface area contributed by atoms with Gasteiger partial charge >= 0.3 is 0 Å². The number of rotatable bonds is 6. The Labute approximate surface area is 261 Å². The maximum atomic E-state index is 13.6. The standard InChI is InChI=1S/C37H36N4O4/c1-21-17-29-26(9-12-31(43)41(29)20-23-7-10-28-25(18-23)19-39-40(28)6)34(32(21)36(22(2)42)45-37(3,4)5)27-8-11-30-33-24(14-16-44-30)13-15-38-35(27)33/h7-13,15,17-19,36H,14,16,20H2,1-6H3/t36-/m1/s1. The summed E-state index contributed by atoms with van der Waals surface area (Å²) >= 11 is 0. The van der Waals surface area contributed by atoms with Gasteiger partial charge in [-0.3, -0.25) is 19.3 Å². The molecule has 0 amide bonds. The zero-order valence-corrected chi connectivity index (χ0v) is 26.5. The van der Waals surface area contributed by atoms with E-state index < -0.39 is 11.7 Å². The number of carbonyl (C=O) groups is 1. The van der Waals surface area contributed by atoms with Crippen LogP contribution in [-0.2, 0) is 29.5 Å². The molecular formula is C37H36N4O4. The molecule has 4 heterocycles. The molecule has 8 heteroatoms. The van der Waals surface area contributed by atoms with Gasteiger partial charge in [0, 0.05) is 47.5 Å². The van der Waals surface area contributed by atoms with Crippen LogP contribution in [0.15, 0.2) is 71.8 Å². The Kier molecular flexibility index (Phi) is 6.85. The Bertz CT molecular complexity index is 2210. The lowest BCUT2D eigenvalue weighted by Crippen LogP contribution is -2.27. The fourth-order valence-electron chi connectivity index (χ4n) is 6.67. The molecule has 0 N–H and O–H groups in total. The SMILES string of the molecule is CC(=O)[C@@H](OC(C)(C)C)c1c(C)cc2c(ccc(=O)n2Cc2ccc3c(cnn3C)c2)c1-c1ccc2c3c(ccnc13)CCO2. The number of carbonyl (C=O) groups excluding carboxylic acids is 1. The molecule has 1 aliphatic heterocycles. The summed E-state index contributed by atoms with van der Waals surface area (Å²) in [6.07, 6.45) is 3.65. The molecule has 8 nitrogen and oxygen atoms in total.